The van der Waals surface area contributed by atoms with Crippen LogP contribution in [0.4, 0.5) is 5.69 Å². The Hall–Kier alpha value is -1.75. The Balaban J connectivity index is 2.77. The number of carbonyl (C=O) groups is 1. The number of carbonyl (C=O) groups excluding carboxylic acids is 1. The number of benzene rings is 1. The zero-order chi connectivity index (χ0) is 15.1. The highest BCUT2D eigenvalue weighted by atomic mass is 16.5. The van der Waals surface area contributed by atoms with Gasteiger partial charge in [-0.3, -0.25) is 4.79 Å². The number of anilines is 1. The summed E-state index contributed by atoms with van der Waals surface area (Å²) in [4.78, 5) is 12.0. The van der Waals surface area contributed by atoms with E-state index in [-0.39, 0.29) is 5.91 Å². The van der Waals surface area contributed by atoms with E-state index < -0.39 is 6.04 Å². The first-order valence-electron chi connectivity index (χ1n) is 6.85. The van der Waals surface area contributed by atoms with Crippen LogP contribution in [-0.4, -0.2) is 25.7 Å². The molecule has 112 valence electrons. The molecule has 0 bridgehead atoms. The van der Waals surface area contributed by atoms with Gasteiger partial charge in [-0.25, -0.2) is 0 Å². The van der Waals surface area contributed by atoms with Crippen LogP contribution in [0.2, 0.25) is 0 Å². The average Bonchev–Trinajstić information content (AvgIpc) is 2.38. The van der Waals surface area contributed by atoms with Crippen molar-refractivity contribution in [1.29, 1.82) is 0 Å². The fourth-order valence-electron chi connectivity index (χ4n) is 1.87. The minimum Gasteiger partial charge on any atom is -0.493 e. The molecule has 0 aromatic heterocycles. The van der Waals surface area contributed by atoms with E-state index in [0.717, 1.165) is 0 Å². The fraction of sp³-hybridized carbons (Fsp3) is 0.533. The molecule has 0 spiro atoms. The second-order valence-electron chi connectivity index (χ2n) is 5.02. The van der Waals surface area contributed by atoms with E-state index in [2.05, 4.69) is 5.32 Å². The maximum Gasteiger partial charge on any atom is 0.241 e. The molecule has 0 saturated heterocycles. The Morgan fingerprint density at radius 1 is 1.35 bits per heavy atom. The lowest BCUT2D eigenvalue weighted by molar-refractivity contribution is -0.117. The third-order valence-electron chi connectivity index (χ3n) is 2.79. The summed E-state index contributed by atoms with van der Waals surface area (Å²) in [5, 5.41) is 2.80. The van der Waals surface area contributed by atoms with E-state index in [1.165, 1.54) is 0 Å². The molecule has 0 saturated carbocycles. The molecule has 3 N–H and O–H groups in total. The number of ether oxygens (including phenoxy) is 2. The van der Waals surface area contributed by atoms with E-state index in [1.54, 1.807) is 25.3 Å². The molecule has 0 aliphatic heterocycles. The summed E-state index contributed by atoms with van der Waals surface area (Å²) in [5.41, 5.74) is 6.50. The molecule has 5 heteroatoms. The first kappa shape index (κ1) is 16.3. The van der Waals surface area contributed by atoms with E-state index >= 15 is 0 Å². The first-order chi connectivity index (χ1) is 9.47. The van der Waals surface area contributed by atoms with Crippen molar-refractivity contribution in [1.82, 2.24) is 0 Å². The van der Waals surface area contributed by atoms with Crippen molar-refractivity contribution in [2.45, 2.75) is 33.2 Å². The smallest absolute Gasteiger partial charge is 0.241 e. The van der Waals surface area contributed by atoms with Gasteiger partial charge in [0.25, 0.3) is 0 Å². The Morgan fingerprint density at radius 3 is 2.60 bits per heavy atom. The van der Waals surface area contributed by atoms with Gasteiger partial charge >= 0.3 is 0 Å². The Bertz CT molecular complexity index is 447. The van der Waals surface area contributed by atoms with Crippen LogP contribution >= 0.6 is 0 Å². The highest BCUT2D eigenvalue weighted by Gasteiger charge is 2.16. The zero-order valence-corrected chi connectivity index (χ0v) is 12.6. The molecule has 0 radical (unpaired) electrons. The molecule has 0 fully saturated rings. The lowest BCUT2D eigenvalue weighted by Crippen LogP contribution is -2.36. The summed E-state index contributed by atoms with van der Waals surface area (Å²) < 4.78 is 10.7. The largest absolute Gasteiger partial charge is 0.493 e. The minimum atomic E-state index is -0.507. The van der Waals surface area contributed by atoms with Gasteiger partial charge in [0, 0.05) is 11.8 Å². The van der Waals surface area contributed by atoms with Crippen molar-refractivity contribution in [3.8, 4) is 11.5 Å². The molecule has 0 unspecified atom stereocenters. The van der Waals surface area contributed by atoms with Crippen molar-refractivity contribution >= 4 is 11.6 Å². The Labute approximate surface area is 120 Å². The molecule has 5 nitrogen and oxygen atoms in total. The van der Waals surface area contributed by atoms with Gasteiger partial charge in [-0.15, -0.1) is 0 Å². The van der Waals surface area contributed by atoms with Gasteiger partial charge in [0.1, 0.15) is 0 Å². The number of nitrogens with two attached hydrogens (primary N) is 1. The standard InChI is InChI=1S/C15H24N2O3/c1-5-20-14-9-11(6-7-13(14)19-4)17-15(18)12(16)8-10(2)3/h6-7,9-10,12H,5,8,16H2,1-4H3,(H,17,18)/t12-/m1/s1. The lowest BCUT2D eigenvalue weighted by Gasteiger charge is -2.15. The topological polar surface area (TPSA) is 73.6 Å². The lowest BCUT2D eigenvalue weighted by atomic mass is 10.0. The third kappa shape index (κ3) is 4.74. The molecule has 1 aromatic rings. The molecule has 1 aromatic carbocycles. The molecular weight excluding hydrogens is 256 g/mol. The van der Waals surface area contributed by atoms with Gasteiger partial charge < -0.3 is 20.5 Å². The number of rotatable bonds is 7. The number of hydrogen-bond donors (Lipinski definition) is 2. The predicted octanol–water partition coefficient (Wildman–Crippen LogP) is 2.41. The number of methoxy groups -OCH3 is 1. The molecule has 0 heterocycles. The van der Waals surface area contributed by atoms with Crippen LogP contribution in [0, 0.1) is 5.92 Å². The van der Waals surface area contributed by atoms with Crippen LogP contribution in [0.15, 0.2) is 18.2 Å². The van der Waals surface area contributed by atoms with E-state index in [1.807, 2.05) is 20.8 Å². The maximum absolute atomic E-state index is 12.0. The Kier molecular flexibility index (Phi) is 6.31. The molecule has 1 rings (SSSR count). The fourth-order valence-corrected chi connectivity index (χ4v) is 1.87. The summed E-state index contributed by atoms with van der Waals surface area (Å²) in [7, 11) is 1.58. The monoisotopic (exact) mass is 280 g/mol. The number of nitrogens with one attached hydrogen (secondary N) is 1. The molecule has 1 atom stereocenters. The molecular formula is C15H24N2O3. The molecule has 0 aliphatic rings. The maximum atomic E-state index is 12.0. The summed E-state index contributed by atoms with van der Waals surface area (Å²) in [5.74, 6) is 1.43. The van der Waals surface area contributed by atoms with Crippen LogP contribution in [0.3, 0.4) is 0 Å². The summed E-state index contributed by atoms with van der Waals surface area (Å²) >= 11 is 0. The quantitative estimate of drug-likeness (QED) is 0.804. The van der Waals surface area contributed by atoms with Gasteiger partial charge in [-0.2, -0.15) is 0 Å². The van der Waals surface area contributed by atoms with Crippen molar-refractivity contribution in [3.63, 3.8) is 0 Å². The van der Waals surface area contributed by atoms with Crippen LogP contribution in [0.1, 0.15) is 27.2 Å². The van der Waals surface area contributed by atoms with Gasteiger partial charge in [0.05, 0.1) is 19.8 Å². The SMILES string of the molecule is CCOc1cc(NC(=O)[C@H](N)CC(C)C)ccc1OC. The zero-order valence-electron chi connectivity index (χ0n) is 12.6. The second kappa shape index (κ2) is 7.75. The van der Waals surface area contributed by atoms with Crippen LogP contribution in [-0.2, 0) is 4.79 Å². The minimum absolute atomic E-state index is 0.189. The summed E-state index contributed by atoms with van der Waals surface area (Å²) in [6, 6.07) is 4.76. The first-order valence-corrected chi connectivity index (χ1v) is 6.85. The van der Waals surface area contributed by atoms with E-state index in [0.29, 0.717) is 36.1 Å². The second-order valence-corrected chi connectivity index (χ2v) is 5.02. The normalized spacial score (nSPS) is 12.1. The van der Waals surface area contributed by atoms with Crippen molar-refractivity contribution in [2.75, 3.05) is 19.0 Å². The predicted molar refractivity (Wildman–Crippen MR) is 80.2 cm³/mol. The van der Waals surface area contributed by atoms with E-state index in [9.17, 15) is 4.79 Å². The Morgan fingerprint density at radius 2 is 2.05 bits per heavy atom. The highest BCUT2D eigenvalue weighted by molar-refractivity contribution is 5.94. The molecule has 0 aliphatic carbocycles. The molecule has 20 heavy (non-hydrogen) atoms. The summed E-state index contributed by atoms with van der Waals surface area (Å²) in [6.07, 6.45) is 0.653. The van der Waals surface area contributed by atoms with Gasteiger partial charge in [0.2, 0.25) is 5.91 Å². The van der Waals surface area contributed by atoms with Crippen LogP contribution in [0.25, 0.3) is 0 Å². The van der Waals surface area contributed by atoms with Crippen molar-refractivity contribution < 1.29 is 14.3 Å². The van der Waals surface area contributed by atoms with Crippen molar-refractivity contribution in [2.24, 2.45) is 11.7 Å². The highest BCUT2D eigenvalue weighted by Crippen LogP contribution is 2.30. The number of hydrogen-bond acceptors (Lipinski definition) is 4. The summed E-state index contributed by atoms with van der Waals surface area (Å²) in [6.45, 7) is 6.49. The van der Waals surface area contributed by atoms with Crippen LogP contribution in [0.5, 0.6) is 11.5 Å². The average molecular weight is 280 g/mol. The van der Waals surface area contributed by atoms with Gasteiger partial charge in [-0.05, 0) is 31.4 Å². The van der Waals surface area contributed by atoms with Gasteiger partial charge in [-0.1, -0.05) is 13.8 Å². The van der Waals surface area contributed by atoms with Gasteiger partial charge in [0.15, 0.2) is 11.5 Å². The van der Waals surface area contributed by atoms with Crippen LogP contribution < -0.4 is 20.5 Å². The third-order valence-corrected chi connectivity index (χ3v) is 2.79. The van der Waals surface area contributed by atoms with Crippen molar-refractivity contribution in [3.05, 3.63) is 18.2 Å². The molecule has 1 amide bonds. The number of amides is 1. The van der Waals surface area contributed by atoms with E-state index in [4.69, 9.17) is 15.2 Å².